The molecule has 122 valence electrons. The standard InChI is InChI=1S/C14H10F3NO4S/c15-14(16,17)11-8-6-10(7-9-11)13(18(19)20)23(21,22)12-4-2-1-3-5-12/h1-9,13H. The number of hydrogen-bond donors (Lipinski definition) is 0. The average Bonchev–Trinajstić information content (AvgIpc) is 2.47. The van der Waals surface area contributed by atoms with Crippen molar-refractivity contribution < 1.29 is 26.5 Å². The van der Waals surface area contributed by atoms with Gasteiger partial charge in [-0.1, -0.05) is 30.3 Å². The van der Waals surface area contributed by atoms with Gasteiger partial charge in [0.2, 0.25) is 0 Å². The minimum absolute atomic E-state index is 0.276. The molecule has 0 saturated heterocycles. The molecule has 1 unspecified atom stereocenters. The second-order valence-electron chi connectivity index (χ2n) is 4.62. The van der Waals surface area contributed by atoms with Crippen LogP contribution in [0.15, 0.2) is 59.5 Å². The lowest BCUT2D eigenvalue weighted by Gasteiger charge is -2.12. The molecule has 0 bridgehead atoms. The Hall–Kier alpha value is -2.42. The zero-order valence-corrected chi connectivity index (χ0v) is 12.2. The van der Waals surface area contributed by atoms with Crippen LogP contribution in [0, 0.1) is 10.1 Å². The summed E-state index contributed by atoms with van der Waals surface area (Å²) in [6.45, 7) is 0. The molecule has 9 heteroatoms. The molecule has 23 heavy (non-hydrogen) atoms. The van der Waals surface area contributed by atoms with Crippen LogP contribution in [-0.2, 0) is 16.0 Å². The molecule has 5 nitrogen and oxygen atoms in total. The summed E-state index contributed by atoms with van der Waals surface area (Å²) in [6.07, 6.45) is -4.61. The summed E-state index contributed by atoms with van der Waals surface area (Å²) in [7, 11) is -4.38. The summed E-state index contributed by atoms with van der Waals surface area (Å²) >= 11 is 0. The highest BCUT2D eigenvalue weighted by Crippen LogP contribution is 2.33. The quantitative estimate of drug-likeness (QED) is 0.628. The SMILES string of the molecule is O=[N+]([O-])C(c1ccc(C(F)(F)F)cc1)S(=O)(=O)c1ccccc1. The molecule has 0 aliphatic rings. The van der Waals surface area contributed by atoms with E-state index in [4.69, 9.17) is 0 Å². The fourth-order valence-corrected chi connectivity index (χ4v) is 3.53. The van der Waals surface area contributed by atoms with Gasteiger partial charge in [0.1, 0.15) is 0 Å². The van der Waals surface area contributed by atoms with Crippen molar-refractivity contribution in [1.82, 2.24) is 0 Å². The maximum Gasteiger partial charge on any atom is 0.416 e. The summed E-state index contributed by atoms with van der Waals surface area (Å²) < 4.78 is 62.4. The summed E-state index contributed by atoms with van der Waals surface area (Å²) in [4.78, 5) is 9.89. The van der Waals surface area contributed by atoms with Gasteiger partial charge < -0.3 is 0 Å². The molecule has 2 aromatic carbocycles. The largest absolute Gasteiger partial charge is 0.416 e. The van der Waals surface area contributed by atoms with Gasteiger partial charge in [0.15, 0.2) is 0 Å². The first-order valence-corrected chi connectivity index (χ1v) is 7.78. The van der Waals surface area contributed by atoms with Gasteiger partial charge in [0.05, 0.1) is 10.5 Å². The number of benzene rings is 2. The van der Waals surface area contributed by atoms with Crippen molar-refractivity contribution in [3.05, 3.63) is 75.8 Å². The third-order valence-corrected chi connectivity index (χ3v) is 5.04. The highest BCUT2D eigenvalue weighted by atomic mass is 32.2. The van der Waals surface area contributed by atoms with Gasteiger partial charge in [-0.05, 0) is 24.3 Å². The molecule has 1 atom stereocenters. The molecule has 0 amide bonds. The second kappa shape index (κ2) is 5.99. The molecule has 0 spiro atoms. The van der Waals surface area contributed by atoms with Gasteiger partial charge in [-0.2, -0.15) is 13.2 Å². The van der Waals surface area contributed by atoms with E-state index in [1.54, 1.807) is 0 Å². The van der Waals surface area contributed by atoms with E-state index >= 15 is 0 Å². The van der Waals surface area contributed by atoms with Crippen LogP contribution in [0.2, 0.25) is 0 Å². The van der Waals surface area contributed by atoms with Gasteiger partial charge in [0, 0.05) is 10.5 Å². The van der Waals surface area contributed by atoms with Gasteiger partial charge in [-0.25, -0.2) is 8.42 Å². The van der Waals surface area contributed by atoms with Gasteiger partial charge in [-0.3, -0.25) is 10.1 Å². The molecule has 0 aliphatic carbocycles. The van der Waals surface area contributed by atoms with Gasteiger partial charge >= 0.3 is 11.6 Å². The predicted octanol–water partition coefficient (Wildman–Crippen LogP) is 3.45. The topological polar surface area (TPSA) is 77.3 Å². The van der Waals surface area contributed by atoms with E-state index in [0.717, 1.165) is 12.1 Å². The Kier molecular flexibility index (Phi) is 4.42. The molecule has 2 aromatic rings. The van der Waals surface area contributed by atoms with E-state index in [2.05, 4.69) is 0 Å². The van der Waals surface area contributed by atoms with Crippen LogP contribution in [-0.4, -0.2) is 13.3 Å². The highest BCUT2D eigenvalue weighted by Gasteiger charge is 2.40. The molecule has 0 saturated carbocycles. The maximum atomic E-state index is 12.5. The third-order valence-electron chi connectivity index (χ3n) is 3.08. The Balaban J connectivity index is 2.50. The molecule has 0 aromatic heterocycles. The molecular weight excluding hydrogens is 335 g/mol. The second-order valence-corrected chi connectivity index (χ2v) is 6.62. The normalized spacial score (nSPS) is 13.5. The zero-order valence-electron chi connectivity index (χ0n) is 11.4. The van der Waals surface area contributed by atoms with Crippen molar-refractivity contribution in [2.75, 3.05) is 0 Å². The monoisotopic (exact) mass is 345 g/mol. The van der Waals surface area contributed by atoms with Crippen molar-refractivity contribution in [3.63, 3.8) is 0 Å². The van der Waals surface area contributed by atoms with Crippen LogP contribution in [0.4, 0.5) is 13.2 Å². The van der Waals surface area contributed by atoms with E-state index < -0.39 is 31.9 Å². The molecule has 0 radical (unpaired) electrons. The molecule has 2 rings (SSSR count). The van der Waals surface area contributed by atoms with E-state index in [1.807, 2.05) is 0 Å². The van der Waals surface area contributed by atoms with Crippen molar-refractivity contribution in [2.45, 2.75) is 16.4 Å². The van der Waals surface area contributed by atoms with Crippen LogP contribution in [0.5, 0.6) is 0 Å². The number of rotatable bonds is 4. The number of halogens is 3. The number of hydrogen-bond acceptors (Lipinski definition) is 4. The molecule has 0 fully saturated rings. The maximum absolute atomic E-state index is 12.5. The molecule has 0 aliphatic heterocycles. The Labute approximate surface area is 129 Å². The van der Waals surface area contributed by atoms with Crippen LogP contribution in [0.25, 0.3) is 0 Å². The van der Waals surface area contributed by atoms with Crippen LogP contribution in [0.3, 0.4) is 0 Å². The van der Waals surface area contributed by atoms with Gasteiger partial charge in [0.25, 0.3) is 9.84 Å². The Morgan fingerprint density at radius 3 is 1.91 bits per heavy atom. The Morgan fingerprint density at radius 2 is 1.48 bits per heavy atom. The highest BCUT2D eigenvalue weighted by molar-refractivity contribution is 7.91. The third kappa shape index (κ3) is 3.50. The predicted molar refractivity (Wildman–Crippen MR) is 74.8 cm³/mol. The Morgan fingerprint density at radius 1 is 0.957 bits per heavy atom. The lowest BCUT2D eigenvalue weighted by molar-refractivity contribution is -0.502. The lowest BCUT2D eigenvalue weighted by Crippen LogP contribution is -2.21. The summed E-state index contributed by atoms with van der Waals surface area (Å²) in [5, 5.41) is 9.03. The van der Waals surface area contributed by atoms with Crippen molar-refractivity contribution in [3.8, 4) is 0 Å². The lowest BCUT2D eigenvalue weighted by atomic mass is 10.1. The first-order chi connectivity index (χ1) is 10.6. The van der Waals surface area contributed by atoms with E-state index in [-0.39, 0.29) is 10.5 Å². The summed E-state index contributed by atoms with van der Waals surface area (Å²) in [5.74, 6) is 0. The van der Waals surface area contributed by atoms with E-state index in [0.29, 0.717) is 12.1 Å². The first kappa shape index (κ1) is 16.9. The van der Waals surface area contributed by atoms with Crippen molar-refractivity contribution >= 4 is 9.84 Å². The van der Waals surface area contributed by atoms with E-state index in [9.17, 15) is 31.7 Å². The number of nitrogens with zero attached hydrogens (tertiary/aromatic N) is 1. The molecule has 0 heterocycles. The number of alkyl halides is 3. The number of nitro groups is 1. The Bertz CT molecular complexity index is 802. The zero-order chi connectivity index (χ0) is 17.3. The van der Waals surface area contributed by atoms with Crippen molar-refractivity contribution in [2.24, 2.45) is 0 Å². The van der Waals surface area contributed by atoms with Gasteiger partial charge in [-0.15, -0.1) is 0 Å². The summed E-state index contributed by atoms with van der Waals surface area (Å²) in [6, 6.07) is 9.56. The minimum atomic E-state index is -4.61. The average molecular weight is 345 g/mol. The molecule has 0 N–H and O–H groups in total. The van der Waals surface area contributed by atoms with Crippen LogP contribution >= 0.6 is 0 Å². The number of sulfone groups is 1. The fourth-order valence-electron chi connectivity index (χ4n) is 1.99. The fraction of sp³-hybridized carbons (Fsp3) is 0.143. The van der Waals surface area contributed by atoms with Crippen molar-refractivity contribution in [1.29, 1.82) is 0 Å². The smallest absolute Gasteiger partial charge is 0.263 e. The van der Waals surface area contributed by atoms with Crippen LogP contribution < -0.4 is 0 Å². The van der Waals surface area contributed by atoms with E-state index in [1.165, 1.54) is 30.3 Å². The minimum Gasteiger partial charge on any atom is -0.263 e. The van der Waals surface area contributed by atoms with Crippen LogP contribution in [0.1, 0.15) is 16.5 Å². The molecular formula is C14H10F3NO4S. The first-order valence-electron chi connectivity index (χ1n) is 6.23. The summed E-state index contributed by atoms with van der Waals surface area (Å²) in [5.41, 5.74) is -1.35.